The molecule has 0 bridgehead atoms. The van der Waals surface area contributed by atoms with Gasteiger partial charge in [0.1, 0.15) is 22.4 Å². The Labute approximate surface area is 206 Å². The minimum absolute atomic E-state index is 0.248. The topological polar surface area (TPSA) is 98.9 Å². The first-order valence-corrected chi connectivity index (χ1v) is 12.4. The Hall–Kier alpha value is -2.91. The van der Waals surface area contributed by atoms with Gasteiger partial charge in [0.15, 0.2) is 0 Å². The Bertz CT molecular complexity index is 1350. The average Bonchev–Trinajstić information content (AvgIpc) is 3.52. The normalized spacial score (nSPS) is 17.3. The standard InChI is InChI=1S/C25H26ClN5O2S/c1-15(18-4-2-3-5-19(18)26)33-21-10-22(34-24(21)25(28)32)20-11-29-23-7-6-16(13-31(20)23)12-30-9-8-17(27)14-30/h2-7,10-11,13,15,17H,8-9,12,14,27H2,1H3,(H2,28,32)/t15-,17-/m1/s1. The van der Waals surface area contributed by atoms with Crippen molar-refractivity contribution in [3.63, 3.8) is 0 Å². The van der Waals surface area contributed by atoms with Gasteiger partial charge >= 0.3 is 0 Å². The van der Waals surface area contributed by atoms with E-state index in [-0.39, 0.29) is 12.1 Å². The second-order valence-electron chi connectivity index (χ2n) is 8.64. The number of halogens is 1. The smallest absolute Gasteiger partial charge is 0.262 e. The van der Waals surface area contributed by atoms with Crippen molar-refractivity contribution in [1.82, 2.24) is 14.3 Å². The van der Waals surface area contributed by atoms with Crippen molar-refractivity contribution in [3.05, 3.63) is 75.9 Å². The molecule has 1 amide bonds. The molecule has 4 heterocycles. The predicted octanol–water partition coefficient (Wildman–Crippen LogP) is 4.49. The van der Waals surface area contributed by atoms with Gasteiger partial charge in [-0.3, -0.25) is 14.1 Å². The summed E-state index contributed by atoms with van der Waals surface area (Å²) in [5.41, 5.74) is 15.5. The van der Waals surface area contributed by atoms with Gasteiger partial charge in [0.25, 0.3) is 5.91 Å². The number of ether oxygens (including phenoxy) is 1. The molecule has 1 aliphatic rings. The van der Waals surface area contributed by atoms with Crippen LogP contribution in [-0.2, 0) is 6.54 Å². The minimum atomic E-state index is -0.530. The molecule has 0 saturated carbocycles. The summed E-state index contributed by atoms with van der Waals surface area (Å²) in [6.07, 6.45) is 4.58. The number of amides is 1. The Morgan fingerprint density at radius 2 is 2.15 bits per heavy atom. The van der Waals surface area contributed by atoms with Crippen molar-refractivity contribution < 1.29 is 9.53 Å². The van der Waals surface area contributed by atoms with Crippen LogP contribution in [0.15, 0.2) is 54.9 Å². The highest BCUT2D eigenvalue weighted by Crippen LogP contribution is 2.39. The monoisotopic (exact) mass is 495 g/mol. The van der Waals surface area contributed by atoms with E-state index < -0.39 is 5.91 Å². The average molecular weight is 496 g/mol. The van der Waals surface area contributed by atoms with Crippen LogP contribution in [0.4, 0.5) is 0 Å². The number of benzene rings is 1. The Balaban J connectivity index is 1.46. The summed E-state index contributed by atoms with van der Waals surface area (Å²) >= 11 is 7.63. The zero-order valence-electron chi connectivity index (χ0n) is 18.8. The number of nitrogens with two attached hydrogens (primary N) is 2. The molecule has 34 heavy (non-hydrogen) atoms. The maximum atomic E-state index is 12.2. The van der Waals surface area contributed by atoms with Crippen molar-refractivity contribution in [1.29, 1.82) is 0 Å². The number of carbonyl (C=O) groups is 1. The van der Waals surface area contributed by atoms with Crippen LogP contribution in [0.1, 0.15) is 40.2 Å². The molecule has 0 aliphatic carbocycles. The Kier molecular flexibility index (Phi) is 6.31. The van der Waals surface area contributed by atoms with Crippen LogP contribution in [-0.4, -0.2) is 39.3 Å². The second kappa shape index (κ2) is 9.38. The minimum Gasteiger partial charge on any atom is -0.484 e. The number of nitrogens with zero attached hydrogens (tertiary/aromatic N) is 3. The first kappa shape index (κ1) is 22.9. The molecular weight excluding hydrogens is 470 g/mol. The fraction of sp³-hybridized carbons (Fsp3) is 0.280. The highest BCUT2D eigenvalue weighted by atomic mass is 35.5. The Morgan fingerprint density at radius 1 is 1.32 bits per heavy atom. The summed E-state index contributed by atoms with van der Waals surface area (Å²) < 4.78 is 8.21. The molecule has 1 aromatic carbocycles. The number of aromatic nitrogens is 2. The molecular formula is C25H26ClN5O2S. The molecule has 0 radical (unpaired) electrons. The highest BCUT2D eigenvalue weighted by Gasteiger charge is 2.22. The zero-order valence-corrected chi connectivity index (χ0v) is 20.4. The van der Waals surface area contributed by atoms with Gasteiger partial charge < -0.3 is 16.2 Å². The van der Waals surface area contributed by atoms with Crippen LogP contribution in [0, 0.1) is 0 Å². The molecule has 2 atom stereocenters. The zero-order chi connectivity index (χ0) is 23.8. The third-order valence-electron chi connectivity index (χ3n) is 6.10. The Morgan fingerprint density at radius 3 is 2.88 bits per heavy atom. The van der Waals surface area contributed by atoms with Crippen molar-refractivity contribution in [2.24, 2.45) is 11.5 Å². The van der Waals surface area contributed by atoms with Crippen LogP contribution in [0.2, 0.25) is 5.02 Å². The lowest BCUT2D eigenvalue weighted by Crippen LogP contribution is -2.26. The van der Waals surface area contributed by atoms with E-state index in [9.17, 15) is 4.79 Å². The SMILES string of the molecule is C[C@@H](Oc1cc(-c2cnc3ccc(CN4CC[C@@H](N)C4)cn23)sc1C(N)=O)c1ccccc1Cl. The highest BCUT2D eigenvalue weighted by molar-refractivity contribution is 7.17. The molecule has 176 valence electrons. The molecule has 1 saturated heterocycles. The second-order valence-corrected chi connectivity index (χ2v) is 10.1. The molecule has 7 nitrogen and oxygen atoms in total. The molecule has 0 spiro atoms. The van der Waals surface area contributed by atoms with E-state index >= 15 is 0 Å². The summed E-state index contributed by atoms with van der Waals surface area (Å²) in [6.45, 7) is 4.65. The van der Waals surface area contributed by atoms with Gasteiger partial charge in [-0.25, -0.2) is 4.98 Å². The molecule has 1 fully saturated rings. The predicted molar refractivity (Wildman–Crippen MR) is 135 cm³/mol. The van der Waals surface area contributed by atoms with Gasteiger partial charge in [0.05, 0.1) is 16.8 Å². The third kappa shape index (κ3) is 4.54. The molecule has 0 unspecified atom stereocenters. The largest absolute Gasteiger partial charge is 0.484 e. The first-order valence-electron chi connectivity index (χ1n) is 11.2. The molecule has 4 aromatic rings. The van der Waals surface area contributed by atoms with Crippen LogP contribution in [0.3, 0.4) is 0 Å². The quantitative estimate of drug-likeness (QED) is 0.393. The lowest BCUT2D eigenvalue weighted by Gasteiger charge is -2.16. The van der Waals surface area contributed by atoms with Gasteiger partial charge in [-0.2, -0.15) is 0 Å². The summed E-state index contributed by atoms with van der Waals surface area (Å²) in [6, 6.07) is 13.7. The van der Waals surface area contributed by atoms with Crippen molar-refractivity contribution >= 4 is 34.5 Å². The summed E-state index contributed by atoms with van der Waals surface area (Å²) in [5, 5.41) is 0.611. The molecule has 9 heteroatoms. The van der Waals surface area contributed by atoms with Crippen LogP contribution < -0.4 is 16.2 Å². The number of imidazole rings is 1. The number of hydrogen-bond acceptors (Lipinski definition) is 6. The summed E-state index contributed by atoms with van der Waals surface area (Å²) in [5.74, 6) is -0.0884. The van der Waals surface area contributed by atoms with E-state index in [0.29, 0.717) is 15.6 Å². The van der Waals surface area contributed by atoms with Gasteiger partial charge in [-0.15, -0.1) is 11.3 Å². The number of primary amides is 1. The van der Waals surface area contributed by atoms with E-state index in [0.717, 1.165) is 47.8 Å². The summed E-state index contributed by atoms with van der Waals surface area (Å²) in [7, 11) is 0. The summed E-state index contributed by atoms with van der Waals surface area (Å²) in [4.78, 5) is 20.3. The number of thiophene rings is 1. The maximum Gasteiger partial charge on any atom is 0.262 e. The van der Waals surface area contributed by atoms with E-state index in [4.69, 9.17) is 27.8 Å². The fourth-order valence-electron chi connectivity index (χ4n) is 4.38. The fourth-order valence-corrected chi connectivity index (χ4v) is 5.62. The van der Waals surface area contributed by atoms with Crippen molar-refractivity contribution in [2.45, 2.75) is 32.0 Å². The number of pyridine rings is 1. The van der Waals surface area contributed by atoms with E-state index in [1.807, 2.05) is 53.9 Å². The van der Waals surface area contributed by atoms with Gasteiger partial charge in [-0.05, 0) is 31.0 Å². The van der Waals surface area contributed by atoms with Crippen molar-refractivity contribution in [3.8, 4) is 16.3 Å². The molecule has 3 aromatic heterocycles. The first-order chi connectivity index (χ1) is 16.4. The van der Waals surface area contributed by atoms with Gasteiger partial charge in [0.2, 0.25) is 0 Å². The van der Waals surface area contributed by atoms with Crippen LogP contribution in [0.5, 0.6) is 5.75 Å². The third-order valence-corrected chi connectivity index (χ3v) is 7.60. The van der Waals surface area contributed by atoms with Gasteiger partial charge in [0, 0.05) is 48.5 Å². The van der Waals surface area contributed by atoms with E-state index in [2.05, 4.69) is 22.1 Å². The van der Waals surface area contributed by atoms with Gasteiger partial charge in [-0.1, -0.05) is 35.9 Å². The molecule has 5 rings (SSSR count). The lowest BCUT2D eigenvalue weighted by molar-refractivity contribution is 0.0998. The number of fused-ring (bicyclic) bond motifs is 1. The van der Waals surface area contributed by atoms with Crippen LogP contribution in [0.25, 0.3) is 16.2 Å². The van der Waals surface area contributed by atoms with E-state index in [1.165, 1.54) is 16.9 Å². The number of rotatable bonds is 7. The van der Waals surface area contributed by atoms with E-state index in [1.54, 1.807) is 0 Å². The molecule has 1 aliphatic heterocycles. The number of carbonyl (C=O) groups excluding carboxylic acids is 1. The number of likely N-dealkylation sites (tertiary alicyclic amines) is 1. The van der Waals surface area contributed by atoms with Crippen LogP contribution >= 0.6 is 22.9 Å². The maximum absolute atomic E-state index is 12.2. The lowest BCUT2D eigenvalue weighted by atomic mass is 10.1. The molecule has 4 N–H and O–H groups in total. The van der Waals surface area contributed by atoms with Crippen molar-refractivity contribution in [2.75, 3.05) is 13.1 Å². The number of hydrogen-bond donors (Lipinski definition) is 2.